The van der Waals surface area contributed by atoms with Gasteiger partial charge in [-0.2, -0.15) is 0 Å². The van der Waals surface area contributed by atoms with E-state index >= 15 is 0 Å². The van der Waals surface area contributed by atoms with Crippen LogP contribution in [0.4, 0.5) is 0 Å². The smallest absolute Gasteiger partial charge is 0.254 e. The molecule has 0 bridgehead atoms. The van der Waals surface area contributed by atoms with Crippen LogP contribution in [0.1, 0.15) is 28.9 Å². The van der Waals surface area contributed by atoms with Crippen LogP contribution in [0.5, 0.6) is 0 Å². The van der Waals surface area contributed by atoms with E-state index in [-0.39, 0.29) is 11.9 Å². The molecule has 112 valence electrons. The van der Waals surface area contributed by atoms with Gasteiger partial charge in [0.25, 0.3) is 5.91 Å². The largest absolute Gasteiger partial charge is 0.361 e. The molecule has 22 heavy (non-hydrogen) atoms. The number of nitrogens with one attached hydrogen (secondary N) is 1. The molecule has 4 heteroatoms. The zero-order chi connectivity index (χ0) is 15.7. The first-order valence-corrected chi connectivity index (χ1v) is 7.55. The maximum atomic E-state index is 12.9. The van der Waals surface area contributed by atoms with Crippen molar-refractivity contribution in [3.63, 3.8) is 0 Å². The number of nitrogens with zero attached hydrogens (tertiary/aromatic N) is 1. The molecule has 1 atom stereocenters. The van der Waals surface area contributed by atoms with Crippen LogP contribution in [0.25, 0.3) is 10.9 Å². The molecule has 0 aliphatic heterocycles. The molecule has 2 aromatic carbocycles. The summed E-state index contributed by atoms with van der Waals surface area (Å²) in [5.41, 5.74) is 2.60. The number of rotatable bonds is 3. The summed E-state index contributed by atoms with van der Waals surface area (Å²) < 4.78 is 0. The number of fused-ring (bicyclic) bond motifs is 1. The van der Waals surface area contributed by atoms with Gasteiger partial charge in [0, 0.05) is 34.7 Å². The number of aromatic amines is 1. The molecular weight excluding hydrogens is 296 g/mol. The summed E-state index contributed by atoms with van der Waals surface area (Å²) in [4.78, 5) is 17.7. The fraction of sp³-hybridized carbons (Fsp3) is 0.167. The second-order valence-electron chi connectivity index (χ2n) is 5.36. The van der Waals surface area contributed by atoms with Crippen LogP contribution in [-0.2, 0) is 0 Å². The van der Waals surface area contributed by atoms with Gasteiger partial charge in [0.1, 0.15) is 0 Å². The molecule has 0 spiro atoms. The van der Waals surface area contributed by atoms with E-state index in [4.69, 9.17) is 11.6 Å². The zero-order valence-corrected chi connectivity index (χ0v) is 13.3. The van der Waals surface area contributed by atoms with E-state index in [2.05, 4.69) is 4.98 Å². The summed E-state index contributed by atoms with van der Waals surface area (Å²) in [6, 6.07) is 15.2. The lowest BCUT2D eigenvalue weighted by molar-refractivity contribution is 0.0745. The molecule has 3 aromatic rings. The van der Waals surface area contributed by atoms with Crippen molar-refractivity contribution in [2.24, 2.45) is 0 Å². The predicted octanol–water partition coefficient (Wildman–Crippen LogP) is 4.65. The Labute approximate surface area is 134 Å². The fourth-order valence-corrected chi connectivity index (χ4v) is 2.95. The number of carbonyl (C=O) groups excluding carboxylic acids is 1. The Hall–Kier alpha value is -2.26. The van der Waals surface area contributed by atoms with Gasteiger partial charge in [-0.3, -0.25) is 4.79 Å². The molecule has 0 fully saturated rings. The third kappa shape index (κ3) is 2.48. The molecule has 0 saturated carbocycles. The normalized spacial score (nSPS) is 12.3. The van der Waals surface area contributed by atoms with E-state index in [1.54, 1.807) is 4.90 Å². The minimum atomic E-state index is -0.101. The molecule has 0 aliphatic carbocycles. The molecule has 3 rings (SSSR count). The summed E-state index contributed by atoms with van der Waals surface area (Å²) in [6.07, 6.45) is 1.85. The highest BCUT2D eigenvalue weighted by atomic mass is 35.5. The number of hydrogen-bond donors (Lipinski definition) is 1. The van der Waals surface area contributed by atoms with Crippen molar-refractivity contribution >= 4 is 28.4 Å². The molecule has 1 heterocycles. The average Bonchev–Trinajstić information content (AvgIpc) is 3.02. The fourth-order valence-electron chi connectivity index (χ4n) is 2.66. The van der Waals surface area contributed by atoms with Gasteiger partial charge < -0.3 is 9.88 Å². The maximum Gasteiger partial charge on any atom is 0.254 e. The summed E-state index contributed by atoms with van der Waals surface area (Å²) >= 11 is 6.25. The third-order valence-corrected chi connectivity index (χ3v) is 4.43. The van der Waals surface area contributed by atoms with E-state index < -0.39 is 0 Å². The summed E-state index contributed by atoms with van der Waals surface area (Å²) in [5, 5.41) is 1.61. The van der Waals surface area contributed by atoms with Gasteiger partial charge in [-0.15, -0.1) is 0 Å². The third-order valence-electron chi connectivity index (χ3n) is 4.08. The minimum Gasteiger partial charge on any atom is -0.361 e. The first kappa shape index (κ1) is 14.7. The molecular formula is C18H17ClN2O. The van der Waals surface area contributed by atoms with Gasteiger partial charge in [0.05, 0.1) is 6.04 Å². The van der Waals surface area contributed by atoms with Crippen LogP contribution in [0.3, 0.4) is 0 Å². The van der Waals surface area contributed by atoms with Crippen molar-refractivity contribution in [3.05, 3.63) is 70.9 Å². The van der Waals surface area contributed by atoms with Gasteiger partial charge in [0.15, 0.2) is 0 Å². The predicted molar refractivity (Wildman–Crippen MR) is 90.3 cm³/mol. The van der Waals surface area contributed by atoms with Crippen LogP contribution >= 0.6 is 11.6 Å². The van der Waals surface area contributed by atoms with Crippen molar-refractivity contribution in [2.45, 2.75) is 13.0 Å². The first-order valence-electron chi connectivity index (χ1n) is 7.17. The lowest BCUT2D eigenvalue weighted by Crippen LogP contribution is -2.29. The van der Waals surface area contributed by atoms with Gasteiger partial charge >= 0.3 is 0 Å². The Balaban J connectivity index is 1.95. The monoisotopic (exact) mass is 312 g/mol. The maximum absolute atomic E-state index is 12.9. The SMILES string of the molecule is CC(c1ccccc1Cl)N(C)C(=O)c1cccc2[nH]ccc12. The van der Waals surface area contributed by atoms with Gasteiger partial charge in [-0.25, -0.2) is 0 Å². The van der Waals surface area contributed by atoms with Gasteiger partial charge in [-0.05, 0) is 36.8 Å². The summed E-state index contributed by atoms with van der Waals surface area (Å²) in [7, 11) is 1.81. The molecule has 0 aliphatic rings. The van der Waals surface area contributed by atoms with Crippen LogP contribution in [0.15, 0.2) is 54.7 Å². The molecule has 1 unspecified atom stereocenters. The van der Waals surface area contributed by atoms with E-state index in [0.29, 0.717) is 10.6 Å². The van der Waals surface area contributed by atoms with Crippen LogP contribution in [-0.4, -0.2) is 22.8 Å². The van der Waals surface area contributed by atoms with Crippen molar-refractivity contribution in [1.82, 2.24) is 9.88 Å². The summed E-state index contributed by atoms with van der Waals surface area (Å²) in [6.45, 7) is 1.98. The highest BCUT2D eigenvalue weighted by Gasteiger charge is 2.22. The lowest BCUT2D eigenvalue weighted by Gasteiger charge is -2.26. The molecule has 1 amide bonds. The lowest BCUT2D eigenvalue weighted by atomic mass is 10.0. The molecule has 0 saturated heterocycles. The summed E-state index contributed by atoms with van der Waals surface area (Å²) in [5.74, 6) is -0.0161. The van der Waals surface area contributed by atoms with Crippen LogP contribution in [0, 0.1) is 0 Å². The minimum absolute atomic E-state index is 0.0161. The number of halogens is 1. The van der Waals surface area contributed by atoms with Crippen LogP contribution < -0.4 is 0 Å². The molecule has 1 N–H and O–H groups in total. The topological polar surface area (TPSA) is 36.1 Å². The second-order valence-corrected chi connectivity index (χ2v) is 5.77. The number of aromatic nitrogens is 1. The van der Waals surface area contributed by atoms with Crippen molar-refractivity contribution in [2.75, 3.05) is 7.05 Å². The van der Waals surface area contributed by atoms with Gasteiger partial charge in [-0.1, -0.05) is 35.9 Å². The van der Waals surface area contributed by atoms with Gasteiger partial charge in [0.2, 0.25) is 0 Å². The Morgan fingerprint density at radius 1 is 1.14 bits per heavy atom. The molecule has 0 radical (unpaired) electrons. The number of H-pyrrole nitrogens is 1. The zero-order valence-electron chi connectivity index (χ0n) is 12.5. The second kappa shape index (κ2) is 5.85. The quantitative estimate of drug-likeness (QED) is 0.750. The molecule has 3 nitrogen and oxygen atoms in total. The number of hydrogen-bond acceptors (Lipinski definition) is 1. The van der Waals surface area contributed by atoms with E-state index in [1.165, 1.54) is 0 Å². The Morgan fingerprint density at radius 3 is 2.68 bits per heavy atom. The number of carbonyl (C=O) groups is 1. The Kier molecular flexibility index (Phi) is 3.90. The van der Waals surface area contributed by atoms with Crippen molar-refractivity contribution < 1.29 is 4.79 Å². The Bertz CT molecular complexity index is 825. The highest BCUT2D eigenvalue weighted by Crippen LogP contribution is 2.28. The van der Waals surface area contributed by atoms with E-state index in [0.717, 1.165) is 16.5 Å². The first-order chi connectivity index (χ1) is 10.6. The van der Waals surface area contributed by atoms with E-state index in [1.807, 2.05) is 68.7 Å². The standard InChI is InChI=1S/C18H17ClN2O/c1-12(13-6-3-4-8-16(13)19)21(2)18(22)15-7-5-9-17-14(15)10-11-20-17/h3-12,20H,1-2H3. The number of benzene rings is 2. The van der Waals surface area contributed by atoms with Crippen LogP contribution in [0.2, 0.25) is 5.02 Å². The van der Waals surface area contributed by atoms with Crippen molar-refractivity contribution in [1.29, 1.82) is 0 Å². The molecule has 1 aromatic heterocycles. The van der Waals surface area contributed by atoms with Crippen molar-refractivity contribution in [3.8, 4) is 0 Å². The van der Waals surface area contributed by atoms with E-state index in [9.17, 15) is 4.79 Å². The number of amides is 1. The average molecular weight is 313 g/mol. The highest BCUT2D eigenvalue weighted by molar-refractivity contribution is 6.31. The Morgan fingerprint density at radius 2 is 1.91 bits per heavy atom.